The minimum absolute atomic E-state index is 0.579. The third-order valence-corrected chi connectivity index (χ3v) is 4.32. The standard InChI is InChI=1S/C13H14Cl2N2/c1-8-16-12-6-10(14)11(15)7-13(12)17(8)9-4-2-3-5-9/h6-7,9H,2-5H2,1H3. The van der Waals surface area contributed by atoms with Crippen LogP contribution < -0.4 is 0 Å². The molecule has 0 bridgehead atoms. The molecule has 1 aromatic carbocycles. The lowest BCUT2D eigenvalue weighted by molar-refractivity contribution is 0.520. The third-order valence-electron chi connectivity index (χ3n) is 3.60. The molecule has 0 radical (unpaired) electrons. The molecular weight excluding hydrogens is 255 g/mol. The number of hydrogen-bond donors (Lipinski definition) is 0. The van der Waals surface area contributed by atoms with E-state index in [2.05, 4.69) is 16.5 Å². The maximum atomic E-state index is 6.10. The van der Waals surface area contributed by atoms with Crippen LogP contribution in [-0.4, -0.2) is 9.55 Å². The number of imidazole rings is 1. The first-order chi connectivity index (χ1) is 8.16. The number of benzene rings is 1. The fourth-order valence-corrected chi connectivity index (χ4v) is 3.15. The minimum Gasteiger partial charge on any atom is -0.325 e. The molecule has 1 aliphatic carbocycles. The number of nitrogens with zero attached hydrogens (tertiary/aromatic N) is 2. The molecule has 17 heavy (non-hydrogen) atoms. The summed E-state index contributed by atoms with van der Waals surface area (Å²) in [4.78, 5) is 4.58. The zero-order chi connectivity index (χ0) is 12.0. The summed E-state index contributed by atoms with van der Waals surface area (Å²) in [6.07, 6.45) is 5.11. The molecule has 0 spiro atoms. The summed E-state index contributed by atoms with van der Waals surface area (Å²) >= 11 is 12.1. The molecule has 1 heterocycles. The summed E-state index contributed by atoms with van der Waals surface area (Å²) in [5.41, 5.74) is 2.06. The van der Waals surface area contributed by atoms with Crippen molar-refractivity contribution in [3.63, 3.8) is 0 Å². The van der Waals surface area contributed by atoms with E-state index < -0.39 is 0 Å². The first-order valence-electron chi connectivity index (χ1n) is 6.00. The molecule has 0 amide bonds. The highest BCUT2D eigenvalue weighted by Crippen LogP contribution is 2.35. The van der Waals surface area contributed by atoms with Gasteiger partial charge in [0.1, 0.15) is 5.82 Å². The summed E-state index contributed by atoms with van der Waals surface area (Å²) in [6, 6.07) is 4.38. The largest absolute Gasteiger partial charge is 0.325 e. The SMILES string of the molecule is Cc1nc2cc(Cl)c(Cl)cc2n1C1CCCC1. The second-order valence-corrected chi connectivity index (χ2v) is 5.54. The van der Waals surface area contributed by atoms with Crippen molar-refractivity contribution in [3.05, 3.63) is 28.0 Å². The van der Waals surface area contributed by atoms with Crippen LogP contribution in [-0.2, 0) is 0 Å². The van der Waals surface area contributed by atoms with Crippen molar-refractivity contribution < 1.29 is 0 Å². The van der Waals surface area contributed by atoms with Gasteiger partial charge in [-0.05, 0) is 31.9 Å². The Morgan fingerprint density at radius 3 is 2.53 bits per heavy atom. The van der Waals surface area contributed by atoms with E-state index in [0.29, 0.717) is 16.1 Å². The average molecular weight is 269 g/mol. The summed E-state index contributed by atoms with van der Waals surface area (Å²) in [5.74, 6) is 1.06. The maximum Gasteiger partial charge on any atom is 0.106 e. The van der Waals surface area contributed by atoms with Crippen LogP contribution in [0.4, 0.5) is 0 Å². The molecule has 2 aromatic rings. The molecule has 0 aliphatic heterocycles. The van der Waals surface area contributed by atoms with Crippen LogP contribution in [0.5, 0.6) is 0 Å². The molecule has 3 rings (SSSR count). The van der Waals surface area contributed by atoms with Crippen molar-refractivity contribution >= 4 is 34.2 Å². The van der Waals surface area contributed by atoms with Gasteiger partial charge in [0.2, 0.25) is 0 Å². The van der Waals surface area contributed by atoms with E-state index in [1.165, 1.54) is 25.7 Å². The van der Waals surface area contributed by atoms with E-state index in [9.17, 15) is 0 Å². The van der Waals surface area contributed by atoms with Crippen molar-refractivity contribution in [1.82, 2.24) is 9.55 Å². The van der Waals surface area contributed by atoms with Gasteiger partial charge in [0, 0.05) is 6.04 Å². The molecule has 1 aromatic heterocycles. The Hall–Kier alpha value is -0.730. The lowest BCUT2D eigenvalue weighted by atomic mass is 10.2. The van der Waals surface area contributed by atoms with Crippen LogP contribution in [0.1, 0.15) is 37.5 Å². The van der Waals surface area contributed by atoms with E-state index in [-0.39, 0.29) is 0 Å². The van der Waals surface area contributed by atoms with Gasteiger partial charge in [-0.15, -0.1) is 0 Å². The van der Waals surface area contributed by atoms with Crippen molar-refractivity contribution in [2.75, 3.05) is 0 Å². The topological polar surface area (TPSA) is 17.8 Å². The highest BCUT2D eigenvalue weighted by molar-refractivity contribution is 6.42. The molecule has 0 unspecified atom stereocenters. The van der Waals surface area contributed by atoms with Gasteiger partial charge >= 0.3 is 0 Å². The summed E-state index contributed by atoms with van der Waals surface area (Å²) in [6.45, 7) is 2.06. The predicted octanol–water partition coefficient (Wildman–Crippen LogP) is 4.77. The van der Waals surface area contributed by atoms with Gasteiger partial charge in [0.05, 0.1) is 21.1 Å². The fraction of sp³-hybridized carbons (Fsp3) is 0.462. The number of fused-ring (bicyclic) bond motifs is 1. The van der Waals surface area contributed by atoms with Crippen molar-refractivity contribution in [3.8, 4) is 0 Å². The van der Waals surface area contributed by atoms with E-state index >= 15 is 0 Å². The van der Waals surface area contributed by atoms with Gasteiger partial charge in [-0.3, -0.25) is 0 Å². The van der Waals surface area contributed by atoms with Gasteiger partial charge < -0.3 is 4.57 Å². The van der Waals surface area contributed by atoms with E-state index in [1.54, 1.807) is 0 Å². The number of aryl methyl sites for hydroxylation is 1. The first kappa shape index (κ1) is 11.4. The molecule has 2 nitrogen and oxygen atoms in total. The second kappa shape index (κ2) is 4.18. The molecule has 1 saturated carbocycles. The van der Waals surface area contributed by atoms with Gasteiger partial charge in [-0.1, -0.05) is 36.0 Å². The number of hydrogen-bond acceptors (Lipinski definition) is 1. The third kappa shape index (κ3) is 1.84. The van der Waals surface area contributed by atoms with E-state index in [4.69, 9.17) is 23.2 Å². The first-order valence-corrected chi connectivity index (χ1v) is 6.76. The molecule has 0 atom stereocenters. The van der Waals surface area contributed by atoms with Crippen LogP contribution in [0.25, 0.3) is 11.0 Å². The Morgan fingerprint density at radius 2 is 1.82 bits per heavy atom. The smallest absolute Gasteiger partial charge is 0.106 e. The summed E-state index contributed by atoms with van der Waals surface area (Å²) in [7, 11) is 0. The van der Waals surface area contributed by atoms with Crippen LogP contribution >= 0.6 is 23.2 Å². The zero-order valence-corrected chi connectivity index (χ0v) is 11.2. The highest BCUT2D eigenvalue weighted by Gasteiger charge is 2.21. The number of aromatic nitrogens is 2. The van der Waals surface area contributed by atoms with Crippen LogP contribution in [0.15, 0.2) is 12.1 Å². The lowest BCUT2D eigenvalue weighted by Gasteiger charge is -2.14. The predicted molar refractivity (Wildman–Crippen MR) is 72.0 cm³/mol. The van der Waals surface area contributed by atoms with Gasteiger partial charge in [0.25, 0.3) is 0 Å². The Kier molecular flexibility index (Phi) is 2.80. The molecule has 90 valence electrons. The molecule has 1 aliphatic rings. The lowest BCUT2D eigenvalue weighted by Crippen LogP contribution is -2.06. The quantitative estimate of drug-likeness (QED) is 0.729. The van der Waals surface area contributed by atoms with Crippen molar-refractivity contribution in [2.45, 2.75) is 38.6 Å². The summed E-state index contributed by atoms with van der Waals surface area (Å²) < 4.78 is 2.32. The number of halogens is 2. The molecular formula is C13H14Cl2N2. The molecule has 0 saturated heterocycles. The average Bonchev–Trinajstić information content (AvgIpc) is 2.86. The Bertz CT molecular complexity index is 568. The van der Waals surface area contributed by atoms with E-state index in [0.717, 1.165) is 16.9 Å². The Morgan fingerprint density at radius 1 is 1.18 bits per heavy atom. The maximum absolute atomic E-state index is 6.10. The highest BCUT2D eigenvalue weighted by atomic mass is 35.5. The van der Waals surface area contributed by atoms with E-state index in [1.807, 2.05) is 12.1 Å². The second-order valence-electron chi connectivity index (χ2n) is 4.72. The minimum atomic E-state index is 0.579. The fourth-order valence-electron chi connectivity index (χ4n) is 2.83. The summed E-state index contributed by atoms with van der Waals surface area (Å²) in [5, 5.41) is 1.19. The van der Waals surface area contributed by atoms with Crippen LogP contribution in [0.2, 0.25) is 10.0 Å². The molecule has 0 N–H and O–H groups in total. The van der Waals surface area contributed by atoms with Gasteiger partial charge in [-0.25, -0.2) is 4.98 Å². The molecule has 4 heteroatoms. The normalized spacial score (nSPS) is 17.1. The Balaban J connectivity index is 2.22. The van der Waals surface area contributed by atoms with Crippen molar-refractivity contribution in [2.24, 2.45) is 0 Å². The van der Waals surface area contributed by atoms with Crippen LogP contribution in [0, 0.1) is 6.92 Å². The molecule has 1 fully saturated rings. The van der Waals surface area contributed by atoms with Crippen molar-refractivity contribution in [1.29, 1.82) is 0 Å². The Labute approximate surface area is 111 Å². The monoisotopic (exact) mass is 268 g/mol. The van der Waals surface area contributed by atoms with Gasteiger partial charge in [0.15, 0.2) is 0 Å². The number of rotatable bonds is 1. The van der Waals surface area contributed by atoms with Crippen LogP contribution in [0.3, 0.4) is 0 Å². The zero-order valence-electron chi connectivity index (χ0n) is 9.71. The van der Waals surface area contributed by atoms with Gasteiger partial charge in [-0.2, -0.15) is 0 Å².